The van der Waals surface area contributed by atoms with E-state index in [1.54, 1.807) is 27.8 Å². The summed E-state index contributed by atoms with van der Waals surface area (Å²) in [6.07, 6.45) is 31.1. The number of nitrogens with zero attached hydrogens (tertiary/aromatic N) is 1. The van der Waals surface area contributed by atoms with Gasteiger partial charge in [0.2, 0.25) is 0 Å². The second-order valence-electron chi connectivity index (χ2n) is 24.9. The highest BCUT2D eigenvalue weighted by Crippen LogP contribution is 2.59. The molecule has 6 aromatic rings. The van der Waals surface area contributed by atoms with Crippen molar-refractivity contribution in [2.24, 2.45) is 0 Å². The van der Waals surface area contributed by atoms with Gasteiger partial charge < -0.3 is 4.90 Å². The highest BCUT2D eigenvalue weighted by molar-refractivity contribution is 5.89. The van der Waals surface area contributed by atoms with E-state index in [1.807, 2.05) is 0 Å². The first kappa shape index (κ1) is 55.9. The maximum atomic E-state index is 2.74. The molecule has 1 atom stereocenters. The van der Waals surface area contributed by atoms with Gasteiger partial charge in [-0.3, -0.25) is 0 Å². The first-order chi connectivity index (χ1) is 37.0. The molecule has 0 amide bonds. The molecule has 0 fully saturated rings. The molecule has 0 heterocycles. The minimum atomic E-state index is -0.0559. The van der Waals surface area contributed by atoms with Gasteiger partial charge in [-0.25, -0.2) is 0 Å². The topological polar surface area (TPSA) is 3.24 Å². The second-order valence-corrected chi connectivity index (χ2v) is 24.9. The molecule has 404 valence electrons. The van der Waals surface area contributed by atoms with Crippen LogP contribution in [-0.2, 0) is 29.1 Å². The maximum absolute atomic E-state index is 2.74. The molecule has 1 unspecified atom stereocenters. The summed E-state index contributed by atoms with van der Waals surface area (Å²) in [5, 5.41) is 0. The Hall–Kier alpha value is -4.88. The zero-order chi connectivity index (χ0) is 53.5. The zero-order valence-corrected chi connectivity index (χ0v) is 49.6. The molecule has 6 aromatic carbocycles. The third kappa shape index (κ3) is 10.6. The first-order valence-electron chi connectivity index (χ1n) is 31.6. The van der Waals surface area contributed by atoms with Crippen molar-refractivity contribution < 1.29 is 0 Å². The monoisotopic (exact) mass is 1010 g/mol. The minimum Gasteiger partial charge on any atom is -0.336 e. The fourth-order valence-corrected chi connectivity index (χ4v) is 14.6. The van der Waals surface area contributed by atoms with Crippen molar-refractivity contribution >= 4 is 11.4 Å². The Kier molecular flexibility index (Phi) is 18.0. The van der Waals surface area contributed by atoms with Crippen LogP contribution in [0.25, 0.3) is 44.5 Å². The smallest absolute Gasteiger partial charge is 0.0422 e. The summed E-state index contributed by atoms with van der Waals surface area (Å²) in [5.74, 6) is 0. The Labute approximate surface area is 464 Å². The predicted molar refractivity (Wildman–Crippen MR) is 333 cm³/mol. The van der Waals surface area contributed by atoms with Crippen LogP contribution < -0.4 is 4.90 Å². The molecule has 1 nitrogen and oxygen atoms in total. The molecule has 0 radical (unpaired) electrons. The van der Waals surface area contributed by atoms with E-state index in [-0.39, 0.29) is 21.8 Å². The van der Waals surface area contributed by atoms with Crippen molar-refractivity contribution in [3.63, 3.8) is 0 Å². The van der Waals surface area contributed by atoms with Crippen LogP contribution in [0, 0.1) is 0 Å². The summed E-state index contributed by atoms with van der Waals surface area (Å²) >= 11 is 0. The van der Waals surface area contributed by atoms with Gasteiger partial charge in [-0.15, -0.1) is 0 Å². The summed E-state index contributed by atoms with van der Waals surface area (Å²) in [6, 6.07) is 47.8. The molecular weight excluding hydrogens is 915 g/mol. The number of hydrogen-bond donors (Lipinski definition) is 0. The summed E-state index contributed by atoms with van der Waals surface area (Å²) in [7, 11) is 0. The van der Waals surface area contributed by atoms with Crippen molar-refractivity contribution in [3.8, 4) is 44.5 Å². The first-order valence-corrected chi connectivity index (χ1v) is 31.6. The van der Waals surface area contributed by atoms with E-state index in [2.05, 4.69) is 189 Å². The van der Waals surface area contributed by atoms with Crippen LogP contribution >= 0.6 is 0 Å². The molecule has 76 heavy (non-hydrogen) atoms. The lowest BCUT2D eigenvalue weighted by molar-refractivity contribution is 0.397. The number of unbranched alkanes of at least 4 members (excludes halogenated alkanes) is 11. The summed E-state index contributed by atoms with van der Waals surface area (Å²) in [4.78, 5) is 2.74. The largest absolute Gasteiger partial charge is 0.336 e. The Morgan fingerprint density at radius 1 is 0.368 bits per heavy atom. The van der Waals surface area contributed by atoms with Crippen molar-refractivity contribution in [3.05, 3.63) is 154 Å². The molecule has 0 aromatic heterocycles. The number of hydrogen-bond acceptors (Lipinski definition) is 1. The maximum Gasteiger partial charge on any atom is 0.0422 e. The van der Waals surface area contributed by atoms with Gasteiger partial charge >= 0.3 is 0 Å². The zero-order valence-electron chi connectivity index (χ0n) is 49.6. The van der Waals surface area contributed by atoms with E-state index in [0.717, 1.165) is 12.8 Å². The molecule has 9 rings (SSSR count). The van der Waals surface area contributed by atoms with E-state index >= 15 is 0 Å². The number of anilines is 2. The molecule has 0 spiro atoms. The molecule has 1 heteroatoms. The third-order valence-corrected chi connectivity index (χ3v) is 20.5. The van der Waals surface area contributed by atoms with Gasteiger partial charge in [0, 0.05) is 27.7 Å². The fraction of sp³-hybridized carbons (Fsp3) is 0.520. The normalized spacial score (nSPS) is 16.0. The number of aryl methyl sites for hydroxylation is 2. The van der Waals surface area contributed by atoms with E-state index in [9.17, 15) is 0 Å². The van der Waals surface area contributed by atoms with E-state index < -0.39 is 0 Å². The molecule has 0 aliphatic heterocycles. The Bertz CT molecular complexity index is 2890. The van der Waals surface area contributed by atoms with E-state index in [1.165, 1.54) is 215 Å². The van der Waals surface area contributed by atoms with Crippen molar-refractivity contribution in [1.29, 1.82) is 0 Å². The number of benzene rings is 6. The van der Waals surface area contributed by atoms with Gasteiger partial charge in [-0.2, -0.15) is 0 Å². The lowest BCUT2D eigenvalue weighted by Crippen LogP contribution is -2.42. The summed E-state index contributed by atoms with van der Waals surface area (Å²) < 4.78 is 0. The van der Waals surface area contributed by atoms with Crippen LogP contribution in [-0.4, -0.2) is 5.54 Å². The van der Waals surface area contributed by atoms with Gasteiger partial charge in [0.15, 0.2) is 0 Å². The molecule has 0 saturated carbocycles. The average molecular weight is 1010 g/mol. The fourth-order valence-electron chi connectivity index (χ4n) is 14.6. The Morgan fingerprint density at radius 3 is 1.28 bits per heavy atom. The van der Waals surface area contributed by atoms with Crippen LogP contribution in [0.1, 0.15) is 256 Å². The van der Waals surface area contributed by atoms with Crippen LogP contribution in [0.5, 0.6) is 0 Å². The van der Waals surface area contributed by atoms with Crippen LogP contribution in [0.2, 0.25) is 0 Å². The number of fused-ring (bicyclic) bond motifs is 7. The third-order valence-electron chi connectivity index (χ3n) is 20.5. The van der Waals surface area contributed by atoms with Crippen molar-refractivity contribution in [1.82, 2.24) is 0 Å². The number of rotatable bonds is 29. The average Bonchev–Trinajstić information content (AvgIpc) is 3.94. The molecular formula is C75H99N. The van der Waals surface area contributed by atoms with Gasteiger partial charge in [0.1, 0.15) is 0 Å². The quantitative estimate of drug-likeness (QED) is 0.0423. The van der Waals surface area contributed by atoms with Crippen molar-refractivity contribution in [2.45, 2.75) is 252 Å². The van der Waals surface area contributed by atoms with Crippen molar-refractivity contribution in [2.75, 3.05) is 4.90 Å². The van der Waals surface area contributed by atoms with Crippen LogP contribution in [0.3, 0.4) is 0 Å². The van der Waals surface area contributed by atoms with Gasteiger partial charge in [-0.1, -0.05) is 237 Å². The van der Waals surface area contributed by atoms with E-state index in [0.29, 0.717) is 0 Å². The SMILES string of the molecule is CCCCCCC1(CCCCC)c2cc(-c3ccc4c(c3)C(CCCCCC)(CCCCCC)c3cc(C(C)(CC)CC)ccc3-4)ccc2-c2ccc(N(c3cccc(-c4ccc5c(c4)CC5)c3)C(C)(CC)CC)cc21. The molecule has 3 aliphatic rings. The highest BCUT2D eigenvalue weighted by Gasteiger charge is 2.46. The van der Waals surface area contributed by atoms with Gasteiger partial charge in [0.25, 0.3) is 0 Å². The molecule has 0 saturated heterocycles. The minimum absolute atomic E-state index is 0.0335. The van der Waals surface area contributed by atoms with E-state index in [4.69, 9.17) is 0 Å². The van der Waals surface area contributed by atoms with Crippen LogP contribution in [0.4, 0.5) is 11.4 Å². The molecule has 3 aliphatic carbocycles. The lowest BCUT2D eigenvalue weighted by Gasteiger charge is -2.43. The van der Waals surface area contributed by atoms with Gasteiger partial charge in [0.05, 0.1) is 0 Å². The standard InChI is InChI=1S/C75H99N/c1-11-19-23-27-46-74(47-28-24-20-12-2)68-51-59(37-41-64(68)66-43-39-61(53-70(66)74)72(9,15-5)16-6)60-38-42-65-67-44-40-63(54-71(67)75(69(65)52-60,45-26-22-14-4)48-29-25-21-13-3)76(73(10,17-7)18-8)62-32-30-31-56(50-62)58-36-34-55-33-35-57(55)49-58/h30-32,34,36-44,49-54H,11-29,33,35,45-48H2,1-10H3. The summed E-state index contributed by atoms with van der Waals surface area (Å²) in [6.45, 7) is 24.1. The Balaban J connectivity index is 1.19. The second kappa shape index (κ2) is 24.4. The highest BCUT2D eigenvalue weighted by atomic mass is 15.2. The molecule has 0 N–H and O–H groups in total. The van der Waals surface area contributed by atoms with Gasteiger partial charge in [-0.05, 0) is 196 Å². The molecule has 0 bridgehead atoms. The Morgan fingerprint density at radius 2 is 0.789 bits per heavy atom. The summed E-state index contributed by atoms with van der Waals surface area (Å²) in [5.41, 5.74) is 25.2. The lowest BCUT2D eigenvalue weighted by atomic mass is 9.68. The van der Waals surface area contributed by atoms with Crippen LogP contribution in [0.15, 0.2) is 115 Å². The predicted octanol–water partition coefficient (Wildman–Crippen LogP) is 22.9.